The van der Waals surface area contributed by atoms with Crippen LogP contribution >= 0.6 is 11.6 Å². The van der Waals surface area contributed by atoms with Gasteiger partial charge in [0.05, 0.1) is 6.10 Å². The van der Waals surface area contributed by atoms with Gasteiger partial charge >= 0.3 is 6.18 Å². The number of hydrogen-bond donors (Lipinski definition) is 0. The first-order valence-corrected chi connectivity index (χ1v) is 6.76. The second kappa shape index (κ2) is 6.13. The fraction of sp³-hybridized carbons (Fsp3) is 0.667. The molecule has 0 unspecified atom stereocenters. The number of nitrogens with zero attached hydrogens (tertiary/aromatic N) is 3. The molecule has 0 aliphatic carbocycles. The zero-order chi connectivity index (χ0) is 14.8. The van der Waals surface area contributed by atoms with E-state index in [0.29, 0.717) is 19.7 Å². The molecule has 4 nitrogen and oxygen atoms in total. The molecule has 0 aromatic carbocycles. The molecule has 2 rings (SSSR count). The molecule has 0 N–H and O–H groups in total. The Balaban J connectivity index is 2.12. The number of rotatable bonds is 3. The first-order chi connectivity index (χ1) is 9.40. The van der Waals surface area contributed by atoms with E-state index in [-0.39, 0.29) is 17.2 Å². The van der Waals surface area contributed by atoms with Crippen molar-refractivity contribution in [2.24, 2.45) is 0 Å². The molecular weight excluding hydrogens is 295 g/mol. The minimum atomic E-state index is -4.52. The molecular formula is C12H15ClF3N3O. The lowest BCUT2D eigenvalue weighted by molar-refractivity contribution is -0.141. The van der Waals surface area contributed by atoms with Crippen LogP contribution < -0.4 is 4.90 Å². The van der Waals surface area contributed by atoms with Gasteiger partial charge in [0.2, 0.25) is 5.28 Å². The predicted octanol–water partition coefficient (Wildman–Crippen LogP) is 3.15. The van der Waals surface area contributed by atoms with Gasteiger partial charge in [-0.05, 0) is 31.4 Å². The van der Waals surface area contributed by atoms with Crippen LogP contribution in [0.1, 0.15) is 25.5 Å². The van der Waals surface area contributed by atoms with Crippen molar-refractivity contribution in [1.82, 2.24) is 9.97 Å². The van der Waals surface area contributed by atoms with Crippen molar-refractivity contribution in [1.29, 1.82) is 0 Å². The van der Waals surface area contributed by atoms with Crippen molar-refractivity contribution in [3.63, 3.8) is 0 Å². The molecule has 0 radical (unpaired) electrons. The number of anilines is 1. The number of aromatic nitrogens is 2. The van der Waals surface area contributed by atoms with Gasteiger partial charge in [-0.1, -0.05) is 0 Å². The Hall–Kier alpha value is -1.08. The van der Waals surface area contributed by atoms with Crippen LogP contribution in [0.4, 0.5) is 19.0 Å². The van der Waals surface area contributed by atoms with Crippen LogP contribution in [-0.4, -0.2) is 35.8 Å². The van der Waals surface area contributed by atoms with Gasteiger partial charge in [-0.15, -0.1) is 0 Å². The van der Waals surface area contributed by atoms with Crippen LogP contribution in [-0.2, 0) is 10.9 Å². The maximum absolute atomic E-state index is 12.7. The first kappa shape index (κ1) is 15.3. The van der Waals surface area contributed by atoms with Crippen molar-refractivity contribution in [2.75, 3.05) is 24.6 Å². The summed E-state index contributed by atoms with van der Waals surface area (Å²) in [4.78, 5) is 8.88. The van der Waals surface area contributed by atoms with Crippen molar-refractivity contribution < 1.29 is 17.9 Å². The number of alkyl halides is 3. The molecule has 1 aliphatic rings. The van der Waals surface area contributed by atoms with Crippen LogP contribution in [0.25, 0.3) is 0 Å². The topological polar surface area (TPSA) is 38.2 Å². The molecule has 1 aliphatic heterocycles. The standard InChI is InChI=1S/C12H15ClF3N3O/c1-2-20-8-3-5-19(6-4-8)10-7-9(12(14,15)16)17-11(13)18-10/h7-8H,2-6H2,1H3. The molecule has 1 saturated heterocycles. The van der Waals surface area contributed by atoms with Gasteiger partial charge in [0.1, 0.15) is 5.82 Å². The van der Waals surface area contributed by atoms with Crippen molar-refractivity contribution >= 4 is 17.4 Å². The van der Waals surface area contributed by atoms with Gasteiger partial charge in [0.25, 0.3) is 0 Å². The molecule has 1 fully saturated rings. The van der Waals surface area contributed by atoms with Gasteiger partial charge < -0.3 is 9.64 Å². The smallest absolute Gasteiger partial charge is 0.378 e. The minimum absolute atomic E-state index is 0.163. The molecule has 0 amide bonds. The average molecular weight is 310 g/mol. The van der Waals surface area contributed by atoms with Gasteiger partial charge in [-0.3, -0.25) is 0 Å². The Labute approximate surface area is 119 Å². The molecule has 0 atom stereocenters. The minimum Gasteiger partial charge on any atom is -0.378 e. The van der Waals surface area contributed by atoms with Crippen LogP contribution in [0.3, 0.4) is 0 Å². The molecule has 2 heterocycles. The summed E-state index contributed by atoms with van der Waals surface area (Å²) in [6, 6.07) is 0.937. The summed E-state index contributed by atoms with van der Waals surface area (Å²) in [6.07, 6.45) is -2.84. The average Bonchev–Trinajstić information content (AvgIpc) is 2.38. The lowest BCUT2D eigenvalue weighted by atomic mass is 10.1. The van der Waals surface area contributed by atoms with Crippen LogP contribution in [0.2, 0.25) is 5.28 Å². The van der Waals surface area contributed by atoms with E-state index >= 15 is 0 Å². The lowest BCUT2D eigenvalue weighted by Crippen LogP contribution is -2.37. The van der Waals surface area contributed by atoms with Crippen LogP contribution in [0, 0.1) is 0 Å². The zero-order valence-electron chi connectivity index (χ0n) is 11.0. The Morgan fingerprint density at radius 3 is 2.55 bits per heavy atom. The lowest BCUT2D eigenvalue weighted by Gasteiger charge is -2.32. The van der Waals surface area contributed by atoms with Crippen LogP contribution in [0.5, 0.6) is 0 Å². The highest BCUT2D eigenvalue weighted by atomic mass is 35.5. The summed E-state index contributed by atoms with van der Waals surface area (Å²) in [5.41, 5.74) is -1.01. The van der Waals surface area contributed by atoms with Crippen molar-refractivity contribution in [3.05, 3.63) is 17.0 Å². The SMILES string of the molecule is CCOC1CCN(c2cc(C(F)(F)F)nc(Cl)n2)CC1. The third kappa shape index (κ3) is 3.73. The maximum atomic E-state index is 12.7. The summed E-state index contributed by atoms with van der Waals surface area (Å²) in [5, 5.41) is -0.387. The highest BCUT2D eigenvalue weighted by Gasteiger charge is 2.34. The normalized spacial score (nSPS) is 17.6. The molecule has 0 spiro atoms. The molecule has 0 saturated carbocycles. The zero-order valence-corrected chi connectivity index (χ0v) is 11.7. The second-order valence-electron chi connectivity index (χ2n) is 4.52. The summed E-state index contributed by atoms with van der Waals surface area (Å²) in [6.45, 7) is 3.75. The maximum Gasteiger partial charge on any atom is 0.433 e. The highest BCUT2D eigenvalue weighted by molar-refractivity contribution is 6.28. The molecule has 1 aromatic heterocycles. The van der Waals surface area contributed by atoms with Crippen molar-refractivity contribution in [3.8, 4) is 0 Å². The molecule has 20 heavy (non-hydrogen) atoms. The Kier molecular flexibility index (Phi) is 4.70. The first-order valence-electron chi connectivity index (χ1n) is 6.38. The van der Waals surface area contributed by atoms with E-state index in [1.807, 2.05) is 6.92 Å². The van der Waals surface area contributed by atoms with E-state index in [0.717, 1.165) is 18.9 Å². The van der Waals surface area contributed by atoms with E-state index in [2.05, 4.69) is 9.97 Å². The summed E-state index contributed by atoms with van der Waals surface area (Å²) < 4.78 is 43.6. The van der Waals surface area contributed by atoms with Gasteiger partial charge in [-0.25, -0.2) is 9.97 Å². The largest absolute Gasteiger partial charge is 0.433 e. The quantitative estimate of drug-likeness (QED) is 0.804. The van der Waals surface area contributed by atoms with E-state index in [4.69, 9.17) is 16.3 Å². The van der Waals surface area contributed by atoms with Crippen LogP contribution in [0.15, 0.2) is 6.07 Å². The van der Waals surface area contributed by atoms with Crippen molar-refractivity contribution in [2.45, 2.75) is 32.0 Å². The van der Waals surface area contributed by atoms with Gasteiger partial charge in [0.15, 0.2) is 5.69 Å². The third-order valence-corrected chi connectivity index (χ3v) is 3.31. The summed E-state index contributed by atoms with van der Waals surface area (Å²) in [5.74, 6) is 0.215. The summed E-state index contributed by atoms with van der Waals surface area (Å²) in [7, 11) is 0. The predicted molar refractivity (Wildman–Crippen MR) is 68.9 cm³/mol. The molecule has 0 bridgehead atoms. The Morgan fingerprint density at radius 1 is 1.35 bits per heavy atom. The fourth-order valence-corrected chi connectivity index (χ4v) is 2.38. The number of ether oxygens (including phenoxy) is 1. The van der Waals surface area contributed by atoms with E-state index in [1.165, 1.54) is 0 Å². The van der Waals surface area contributed by atoms with E-state index < -0.39 is 11.9 Å². The number of piperidine rings is 1. The molecule has 8 heteroatoms. The van der Waals surface area contributed by atoms with Gasteiger partial charge in [0, 0.05) is 25.8 Å². The Bertz CT molecular complexity index is 462. The van der Waals surface area contributed by atoms with E-state index in [1.54, 1.807) is 4.90 Å². The van der Waals surface area contributed by atoms with Gasteiger partial charge in [-0.2, -0.15) is 13.2 Å². The van der Waals surface area contributed by atoms with E-state index in [9.17, 15) is 13.2 Å². The third-order valence-electron chi connectivity index (χ3n) is 3.14. The molecule has 112 valence electrons. The Morgan fingerprint density at radius 2 is 2.00 bits per heavy atom. The second-order valence-corrected chi connectivity index (χ2v) is 4.86. The fourth-order valence-electron chi connectivity index (χ4n) is 2.20. The highest BCUT2D eigenvalue weighted by Crippen LogP contribution is 2.31. The number of halogens is 4. The number of hydrogen-bond acceptors (Lipinski definition) is 4. The summed E-state index contributed by atoms with van der Waals surface area (Å²) >= 11 is 5.58. The monoisotopic (exact) mass is 309 g/mol. The molecule has 1 aromatic rings.